The number of aromatic nitrogens is 1. The summed E-state index contributed by atoms with van der Waals surface area (Å²) in [4.78, 5) is 17.7. The molecule has 132 valence electrons. The van der Waals surface area contributed by atoms with E-state index in [1.165, 1.54) is 35.4 Å². The Hall–Kier alpha value is -2.61. The molecule has 3 rings (SSSR count). The Bertz CT molecular complexity index is 795. The van der Waals surface area contributed by atoms with Gasteiger partial charge in [0.2, 0.25) is 0 Å². The minimum absolute atomic E-state index is 0.0459. The second kappa shape index (κ2) is 6.36. The van der Waals surface area contributed by atoms with Gasteiger partial charge in [-0.25, -0.2) is 4.98 Å². The fourth-order valence-corrected chi connectivity index (χ4v) is 2.97. The van der Waals surface area contributed by atoms with E-state index in [0.29, 0.717) is 0 Å². The monoisotopic (exact) mass is 352 g/mol. The number of β-amino-alcohol motifs (C(OH)–C–C–N with tert-alkyl or cyclic N) is 1. The van der Waals surface area contributed by atoms with Gasteiger partial charge in [0.25, 0.3) is 5.91 Å². The lowest BCUT2D eigenvalue weighted by atomic mass is 10.0. The molecule has 1 fully saturated rings. The summed E-state index contributed by atoms with van der Waals surface area (Å²) >= 11 is 0. The third-order valence-corrected chi connectivity index (χ3v) is 4.13. The average molecular weight is 352 g/mol. The van der Waals surface area contributed by atoms with Gasteiger partial charge in [0, 0.05) is 12.7 Å². The maximum Gasteiger partial charge on any atom is 0.416 e. The number of aliphatic hydroxyl groups is 1. The molecule has 8 heteroatoms. The van der Waals surface area contributed by atoms with Crippen molar-refractivity contribution in [2.45, 2.75) is 24.7 Å². The Morgan fingerprint density at radius 3 is 2.68 bits per heavy atom. The molecule has 0 unspecified atom stereocenters. The predicted molar refractivity (Wildman–Crippen MR) is 81.7 cm³/mol. The van der Waals surface area contributed by atoms with Gasteiger partial charge < -0.3 is 15.1 Å². The molecule has 1 aliphatic rings. The molecule has 1 aromatic carbocycles. The first kappa shape index (κ1) is 17.2. The number of likely N-dealkylation sites (tertiary alicyclic amines) is 1. The zero-order valence-electron chi connectivity index (χ0n) is 12.9. The van der Waals surface area contributed by atoms with Crippen LogP contribution in [-0.2, 0) is 6.18 Å². The minimum Gasteiger partial charge on any atom is -0.505 e. The van der Waals surface area contributed by atoms with Crippen LogP contribution in [0.25, 0.3) is 0 Å². The molecule has 2 heterocycles. The molecule has 2 atom stereocenters. The van der Waals surface area contributed by atoms with Gasteiger partial charge in [0.1, 0.15) is 5.75 Å². The van der Waals surface area contributed by atoms with Crippen LogP contribution in [0.2, 0.25) is 0 Å². The number of amides is 1. The number of carbonyl (C=O) groups excluding carboxylic acids is 1. The van der Waals surface area contributed by atoms with Gasteiger partial charge in [0.05, 0.1) is 17.7 Å². The Kier molecular flexibility index (Phi) is 4.38. The van der Waals surface area contributed by atoms with E-state index in [1.54, 1.807) is 0 Å². The highest BCUT2D eigenvalue weighted by Crippen LogP contribution is 2.37. The summed E-state index contributed by atoms with van der Waals surface area (Å²) in [5.74, 6) is -0.964. The summed E-state index contributed by atoms with van der Waals surface area (Å²) in [6, 6.07) is 6.69. The van der Waals surface area contributed by atoms with Crippen LogP contribution in [0.3, 0.4) is 0 Å². The number of pyridine rings is 1. The first-order chi connectivity index (χ1) is 11.8. The Balaban J connectivity index is 1.95. The molecule has 2 aromatic rings. The number of benzene rings is 1. The van der Waals surface area contributed by atoms with E-state index in [2.05, 4.69) is 4.98 Å². The quantitative estimate of drug-likeness (QED) is 0.872. The van der Waals surface area contributed by atoms with Crippen LogP contribution < -0.4 is 0 Å². The van der Waals surface area contributed by atoms with E-state index in [9.17, 15) is 28.2 Å². The standard InChI is InChI=1S/C17H15F3N2O3/c18-17(19,20)11-4-1-3-10(7-11)13-8-12(23)9-22(13)16(25)15-14(24)5-2-6-21-15/h1-7,12-13,23-24H,8-9H2/t12-,13+/m1/s1. The number of rotatable bonds is 2. The van der Waals surface area contributed by atoms with Crippen molar-refractivity contribution in [1.82, 2.24) is 9.88 Å². The molecule has 1 aliphatic heterocycles. The normalized spacial score (nSPS) is 20.7. The molecule has 0 saturated carbocycles. The molecule has 5 nitrogen and oxygen atoms in total. The van der Waals surface area contributed by atoms with E-state index in [1.807, 2.05) is 0 Å². The fraction of sp³-hybridized carbons (Fsp3) is 0.294. The highest BCUT2D eigenvalue weighted by Gasteiger charge is 2.38. The molecule has 1 saturated heterocycles. The zero-order valence-corrected chi connectivity index (χ0v) is 12.9. The molecule has 1 amide bonds. The smallest absolute Gasteiger partial charge is 0.416 e. The van der Waals surface area contributed by atoms with Crippen molar-refractivity contribution >= 4 is 5.91 Å². The molecule has 0 spiro atoms. The van der Waals surface area contributed by atoms with Crippen LogP contribution in [-0.4, -0.2) is 38.7 Å². The largest absolute Gasteiger partial charge is 0.505 e. The highest BCUT2D eigenvalue weighted by atomic mass is 19.4. The summed E-state index contributed by atoms with van der Waals surface area (Å²) in [6.07, 6.45) is -3.92. The van der Waals surface area contributed by atoms with Crippen LogP contribution in [0.4, 0.5) is 13.2 Å². The highest BCUT2D eigenvalue weighted by molar-refractivity contribution is 5.95. The van der Waals surface area contributed by atoms with Crippen molar-refractivity contribution in [3.8, 4) is 5.75 Å². The number of hydrogen-bond acceptors (Lipinski definition) is 4. The molecule has 0 bridgehead atoms. The van der Waals surface area contributed by atoms with Crippen LogP contribution in [0.15, 0.2) is 42.6 Å². The summed E-state index contributed by atoms with van der Waals surface area (Å²) in [5.41, 5.74) is -0.747. The van der Waals surface area contributed by atoms with Gasteiger partial charge in [-0.3, -0.25) is 4.79 Å². The number of alkyl halides is 3. The van der Waals surface area contributed by atoms with Crippen molar-refractivity contribution < 1.29 is 28.2 Å². The van der Waals surface area contributed by atoms with Crippen molar-refractivity contribution in [3.63, 3.8) is 0 Å². The zero-order chi connectivity index (χ0) is 18.2. The number of carbonyl (C=O) groups is 1. The lowest BCUT2D eigenvalue weighted by molar-refractivity contribution is -0.137. The molecule has 1 aromatic heterocycles. The Morgan fingerprint density at radius 1 is 1.24 bits per heavy atom. The van der Waals surface area contributed by atoms with E-state index in [4.69, 9.17) is 0 Å². The van der Waals surface area contributed by atoms with E-state index < -0.39 is 29.8 Å². The Morgan fingerprint density at radius 2 is 2.00 bits per heavy atom. The van der Waals surface area contributed by atoms with Gasteiger partial charge >= 0.3 is 6.18 Å². The number of aliphatic hydroxyl groups excluding tert-OH is 1. The first-order valence-corrected chi connectivity index (χ1v) is 7.57. The number of nitrogens with zero attached hydrogens (tertiary/aromatic N) is 2. The third-order valence-electron chi connectivity index (χ3n) is 4.13. The molecule has 25 heavy (non-hydrogen) atoms. The number of aromatic hydroxyl groups is 1. The van der Waals surface area contributed by atoms with Crippen LogP contribution in [0.1, 0.15) is 34.1 Å². The van der Waals surface area contributed by atoms with Crippen molar-refractivity contribution in [2.24, 2.45) is 0 Å². The lowest BCUT2D eigenvalue weighted by Crippen LogP contribution is -2.32. The summed E-state index contributed by atoms with van der Waals surface area (Å²) < 4.78 is 38.8. The van der Waals surface area contributed by atoms with E-state index in [-0.39, 0.29) is 30.0 Å². The third kappa shape index (κ3) is 3.43. The molecule has 0 aliphatic carbocycles. The summed E-state index contributed by atoms with van der Waals surface area (Å²) in [5, 5.41) is 19.7. The predicted octanol–water partition coefficient (Wildman–Crippen LogP) is 2.75. The Labute approximate surface area is 141 Å². The number of hydrogen-bond donors (Lipinski definition) is 2. The van der Waals surface area contributed by atoms with E-state index >= 15 is 0 Å². The summed E-state index contributed by atoms with van der Waals surface area (Å²) in [7, 11) is 0. The van der Waals surface area contributed by atoms with Crippen molar-refractivity contribution in [2.75, 3.05) is 6.54 Å². The van der Waals surface area contributed by atoms with E-state index in [0.717, 1.165) is 12.1 Å². The van der Waals surface area contributed by atoms with Crippen LogP contribution in [0.5, 0.6) is 5.75 Å². The average Bonchev–Trinajstić information content (AvgIpc) is 2.96. The lowest BCUT2D eigenvalue weighted by Gasteiger charge is -2.25. The summed E-state index contributed by atoms with van der Waals surface area (Å²) in [6.45, 7) is -0.0459. The molecular weight excluding hydrogens is 337 g/mol. The van der Waals surface area contributed by atoms with Gasteiger partial charge in [0.15, 0.2) is 5.69 Å². The molecule has 0 radical (unpaired) electrons. The molecular formula is C17H15F3N2O3. The second-order valence-corrected chi connectivity index (χ2v) is 5.86. The van der Waals surface area contributed by atoms with Crippen molar-refractivity contribution in [3.05, 3.63) is 59.4 Å². The van der Waals surface area contributed by atoms with Gasteiger partial charge in [-0.1, -0.05) is 12.1 Å². The maximum absolute atomic E-state index is 12.9. The second-order valence-electron chi connectivity index (χ2n) is 5.86. The molecule has 2 N–H and O–H groups in total. The number of halogens is 3. The maximum atomic E-state index is 12.9. The first-order valence-electron chi connectivity index (χ1n) is 7.57. The van der Waals surface area contributed by atoms with Gasteiger partial charge in [-0.2, -0.15) is 13.2 Å². The minimum atomic E-state index is -4.50. The van der Waals surface area contributed by atoms with Gasteiger partial charge in [-0.15, -0.1) is 0 Å². The van der Waals surface area contributed by atoms with Crippen molar-refractivity contribution in [1.29, 1.82) is 0 Å². The topological polar surface area (TPSA) is 73.7 Å². The van der Waals surface area contributed by atoms with Crippen LogP contribution >= 0.6 is 0 Å². The SMILES string of the molecule is O=C(c1ncccc1O)N1C[C@H](O)C[C@H]1c1cccc(C(F)(F)F)c1. The van der Waals surface area contributed by atoms with Gasteiger partial charge in [-0.05, 0) is 36.2 Å². The van der Waals surface area contributed by atoms with Crippen LogP contribution in [0, 0.1) is 0 Å². The fourth-order valence-electron chi connectivity index (χ4n) is 2.97.